The molecule has 1 atom stereocenters. The zero-order valence-corrected chi connectivity index (χ0v) is 12.3. The summed E-state index contributed by atoms with van der Waals surface area (Å²) in [6.45, 7) is 2.52. The van der Waals surface area contributed by atoms with Crippen LogP contribution in [0.15, 0.2) is 36.7 Å². The molecule has 1 fully saturated rings. The van der Waals surface area contributed by atoms with Gasteiger partial charge >= 0.3 is 0 Å². The predicted molar refractivity (Wildman–Crippen MR) is 78.8 cm³/mol. The molecule has 116 valence electrons. The maximum Gasteiger partial charge on any atom is 0.222 e. The van der Waals surface area contributed by atoms with E-state index in [2.05, 4.69) is 15.5 Å². The molecule has 0 spiro atoms. The first-order chi connectivity index (χ1) is 10.8. The molecule has 2 heterocycles. The average molecular weight is 301 g/mol. The van der Waals surface area contributed by atoms with E-state index >= 15 is 0 Å². The van der Waals surface area contributed by atoms with Crippen molar-refractivity contribution in [2.45, 2.75) is 25.5 Å². The van der Waals surface area contributed by atoms with E-state index in [4.69, 9.17) is 4.74 Å². The van der Waals surface area contributed by atoms with Gasteiger partial charge in [-0.2, -0.15) is 0 Å². The zero-order chi connectivity index (χ0) is 15.2. The van der Waals surface area contributed by atoms with E-state index in [9.17, 15) is 4.79 Å². The van der Waals surface area contributed by atoms with Crippen molar-refractivity contribution in [2.75, 3.05) is 19.7 Å². The minimum atomic E-state index is -0.0292. The van der Waals surface area contributed by atoms with Crippen molar-refractivity contribution in [1.82, 2.24) is 25.1 Å². The Labute approximate surface area is 128 Å². The molecule has 7 heteroatoms. The molecule has 3 rings (SSSR count). The van der Waals surface area contributed by atoms with Gasteiger partial charge in [-0.15, -0.1) is 5.10 Å². The number of tetrazole rings is 1. The van der Waals surface area contributed by atoms with Crippen molar-refractivity contribution >= 4 is 5.91 Å². The highest BCUT2D eigenvalue weighted by Crippen LogP contribution is 2.22. The van der Waals surface area contributed by atoms with Gasteiger partial charge < -0.3 is 9.64 Å². The summed E-state index contributed by atoms with van der Waals surface area (Å²) < 4.78 is 7.42. The zero-order valence-electron chi connectivity index (χ0n) is 12.3. The molecule has 1 aliphatic rings. The second-order valence-corrected chi connectivity index (χ2v) is 5.29. The molecule has 1 aliphatic heterocycles. The highest BCUT2D eigenvalue weighted by atomic mass is 16.5. The number of amides is 1. The SMILES string of the molecule is O=C(CCCn1cnnn1)N1CCOC(c2ccccc2)C1. The number of ether oxygens (including phenoxy) is 1. The van der Waals surface area contributed by atoms with Crippen molar-refractivity contribution in [3.05, 3.63) is 42.2 Å². The fraction of sp³-hybridized carbons (Fsp3) is 0.467. The molecule has 0 aliphatic carbocycles. The van der Waals surface area contributed by atoms with E-state index in [0.29, 0.717) is 32.7 Å². The molecule has 22 heavy (non-hydrogen) atoms. The fourth-order valence-electron chi connectivity index (χ4n) is 2.58. The number of rotatable bonds is 5. The summed E-state index contributed by atoms with van der Waals surface area (Å²) in [5, 5.41) is 10.9. The van der Waals surface area contributed by atoms with Crippen LogP contribution in [0, 0.1) is 0 Å². The minimum Gasteiger partial charge on any atom is -0.370 e. The van der Waals surface area contributed by atoms with Crippen LogP contribution in [0.4, 0.5) is 0 Å². The molecule has 0 saturated carbocycles. The topological polar surface area (TPSA) is 73.1 Å². The Hall–Kier alpha value is -2.28. The van der Waals surface area contributed by atoms with Crippen LogP contribution >= 0.6 is 0 Å². The Morgan fingerprint density at radius 1 is 1.32 bits per heavy atom. The molecule has 2 aromatic rings. The van der Waals surface area contributed by atoms with Gasteiger partial charge in [-0.05, 0) is 22.4 Å². The third-order valence-corrected chi connectivity index (χ3v) is 3.76. The van der Waals surface area contributed by atoms with Gasteiger partial charge in [0.05, 0.1) is 13.2 Å². The number of nitrogens with zero attached hydrogens (tertiary/aromatic N) is 5. The fourth-order valence-corrected chi connectivity index (χ4v) is 2.58. The average Bonchev–Trinajstić information content (AvgIpc) is 3.09. The van der Waals surface area contributed by atoms with Crippen LogP contribution < -0.4 is 0 Å². The van der Waals surface area contributed by atoms with Gasteiger partial charge in [0.1, 0.15) is 12.4 Å². The number of aromatic nitrogens is 4. The third kappa shape index (κ3) is 3.67. The maximum absolute atomic E-state index is 12.3. The number of morpholine rings is 1. The molecule has 0 bridgehead atoms. The number of hydrogen-bond acceptors (Lipinski definition) is 5. The van der Waals surface area contributed by atoms with Crippen molar-refractivity contribution in [1.29, 1.82) is 0 Å². The van der Waals surface area contributed by atoms with Crippen LogP contribution in [0.25, 0.3) is 0 Å². The van der Waals surface area contributed by atoms with Gasteiger partial charge in [-0.25, -0.2) is 4.68 Å². The summed E-state index contributed by atoms with van der Waals surface area (Å²) in [5.41, 5.74) is 1.12. The van der Waals surface area contributed by atoms with Gasteiger partial charge in [-0.3, -0.25) is 4.79 Å². The molecule has 0 N–H and O–H groups in total. The number of aryl methyl sites for hydroxylation is 1. The summed E-state index contributed by atoms with van der Waals surface area (Å²) in [5.74, 6) is 0.164. The first-order valence-corrected chi connectivity index (χ1v) is 7.48. The molecule has 0 radical (unpaired) electrons. The second kappa shape index (κ2) is 7.13. The molecule has 1 aromatic carbocycles. The van der Waals surface area contributed by atoms with E-state index in [1.165, 1.54) is 0 Å². The van der Waals surface area contributed by atoms with Gasteiger partial charge in [0.2, 0.25) is 5.91 Å². The molecule has 1 amide bonds. The number of carbonyl (C=O) groups is 1. The first kappa shape index (κ1) is 14.6. The lowest BCUT2D eigenvalue weighted by Gasteiger charge is -2.33. The summed E-state index contributed by atoms with van der Waals surface area (Å²) in [7, 11) is 0. The standard InChI is InChI=1S/C15H19N5O2/c21-15(7-4-8-20-12-16-17-18-20)19-9-10-22-14(11-19)13-5-2-1-3-6-13/h1-3,5-6,12,14H,4,7-11H2. The van der Waals surface area contributed by atoms with E-state index in [-0.39, 0.29) is 12.0 Å². The number of hydrogen-bond donors (Lipinski definition) is 0. The maximum atomic E-state index is 12.3. The molecule has 1 saturated heterocycles. The Bertz CT molecular complexity index is 587. The van der Waals surface area contributed by atoms with Gasteiger partial charge in [0.15, 0.2) is 0 Å². The Morgan fingerprint density at radius 2 is 2.18 bits per heavy atom. The quantitative estimate of drug-likeness (QED) is 0.825. The monoisotopic (exact) mass is 301 g/mol. The normalized spacial score (nSPS) is 18.4. The predicted octanol–water partition coefficient (Wildman–Crippen LogP) is 1.05. The minimum absolute atomic E-state index is 0.0292. The van der Waals surface area contributed by atoms with Crippen molar-refractivity contribution in [3.63, 3.8) is 0 Å². The number of benzene rings is 1. The lowest BCUT2D eigenvalue weighted by Crippen LogP contribution is -2.42. The Kier molecular flexibility index (Phi) is 4.75. The van der Waals surface area contributed by atoms with Crippen LogP contribution in [-0.4, -0.2) is 50.7 Å². The molecular formula is C15H19N5O2. The Balaban J connectivity index is 1.49. The van der Waals surface area contributed by atoms with Crippen LogP contribution in [0.2, 0.25) is 0 Å². The van der Waals surface area contributed by atoms with Gasteiger partial charge in [-0.1, -0.05) is 30.3 Å². The van der Waals surface area contributed by atoms with Gasteiger partial charge in [0, 0.05) is 19.5 Å². The summed E-state index contributed by atoms with van der Waals surface area (Å²) >= 11 is 0. The smallest absolute Gasteiger partial charge is 0.222 e. The number of carbonyl (C=O) groups excluding carboxylic acids is 1. The highest BCUT2D eigenvalue weighted by molar-refractivity contribution is 5.76. The van der Waals surface area contributed by atoms with Gasteiger partial charge in [0.25, 0.3) is 0 Å². The van der Waals surface area contributed by atoms with Crippen LogP contribution in [0.3, 0.4) is 0 Å². The van der Waals surface area contributed by atoms with Crippen molar-refractivity contribution < 1.29 is 9.53 Å². The van der Waals surface area contributed by atoms with Crippen LogP contribution in [0.1, 0.15) is 24.5 Å². The second-order valence-electron chi connectivity index (χ2n) is 5.29. The third-order valence-electron chi connectivity index (χ3n) is 3.76. The van der Waals surface area contributed by atoms with E-state index in [0.717, 1.165) is 12.0 Å². The molecule has 7 nitrogen and oxygen atoms in total. The van der Waals surface area contributed by atoms with Crippen LogP contribution in [-0.2, 0) is 16.1 Å². The van der Waals surface area contributed by atoms with E-state index in [1.807, 2.05) is 35.2 Å². The van der Waals surface area contributed by atoms with Crippen LogP contribution in [0.5, 0.6) is 0 Å². The molecule has 1 unspecified atom stereocenters. The van der Waals surface area contributed by atoms with Crippen molar-refractivity contribution in [2.24, 2.45) is 0 Å². The lowest BCUT2D eigenvalue weighted by molar-refractivity contribution is -0.139. The van der Waals surface area contributed by atoms with Crippen molar-refractivity contribution in [3.8, 4) is 0 Å². The summed E-state index contributed by atoms with van der Waals surface area (Å²) in [6, 6.07) is 10.0. The molecule has 1 aromatic heterocycles. The summed E-state index contributed by atoms with van der Waals surface area (Å²) in [6.07, 6.45) is 2.77. The summed E-state index contributed by atoms with van der Waals surface area (Å²) in [4.78, 5) is 14.2. The van der Waals surface area contributed by atoms with E-state index < -0.39 is 0 Å². The Morgan fingerprint density at radius 3 is 2.95 bits per heavy atom. The van der Waals surface area contributed by atoms with E-state index in [1.54, 1.807) is 11.0 Å². The largest absolute Gasteiger partial charge is 0.370 e. The molecular weight excluding hydrogens is 282 g/mol. The highest BCUT2D eigenvalue weighted by Gasteiger charge is 2.24. The lowest BCUT2D eigenvalue weighted by atomic mass is 10.1. The first-order valence-electron chi connectivity index (χ1n) is 7.48.